The van der Waals surface area contributed by atoms with Crippen LogP contribution in [0.15, 0.2) is 30.3 Å². The van der Waals surface area contributed by atoms with Gasteiger partial charge in [-0.25, -0.2) is 4.79 Å². The minimum absolute atomic E-state index is 0.0855. The number of rotatable bonds is 6. The summed E-state index contributed by atoms with van der Waals surface area (Å²) in [6, 6.07) is 9.20. The van der Waals surface area contributed by atoms with Crippen molar-refractivity contribution in [2.75, 3.05) is 24.7 Å². The van der Waals surface area contributed by atoms with Crippen LogP contribution in [-0.2, 0) is 4.74 Å². The van der Waals surface area contributed by atoms with Crippen LogP contribution in [0.4, 0.5) is 10.5 Å². The summed E-state index contributed by atoms with van der Waals surface area (Å²) in [5, 5.41) is 8.97. The fraction of sp³-hybridized carbons (Fsp3) is 0.462. The third-order valence-corrected chi connectivity index (χ3v) is 2.34. The fourth-order valence-corrected chi connectivity index (χ4v) is 1.42. The zero-order valence-electron chi connectivity index (χ0n) is 10.1. The lowest BCUT2D eigenvalue weighted by atomic mass is 10.3. The van der Waals surface area contributed by atoms with E-state index in [1.165, 1.54) is 4.90 Å². The van der Waals surface area contributed by atoms with Crippen LogP contribution in [0.1, 0.15) is 19.8 Å². The first-order valence-corrected chi connectivity index (χ1v) is 5.89. The first-order valence-electron chi connectivity index (χ1n) is 5.89. The smallest absolute Gasteiger partial charge is 0.414 e. The Balaban J connectivity index is 2.62. The number of hydrogen-bond acceptors (Lipinski definition) is 3. The molecule has 94 valence electrons. The number of para-hydroxylation sites is 1. The molecule has 0 radical (unpaired) electrons. The van der Waals surface area contributed by atoms with E-state index >= 15 is 0 Å². The number of carbonyl (C=O) groups is 1. The van der Waals surface area contributed by atoms with Crippen molar-refractivity contribution in [3.63, 3.8) is 0 Å². The predicted molar refractivity (Wildman–Crippen MR) is 67.1 cm³/mol. The van der Waals surface area contributed by atoms with Crippen LogP contribution in [0.3, 0.4) is 0 Å². The van der Waals surface area contributed by atoms with Gasteiger partial charge < -0.3 is 9.84 Å². The topological polar surface area (TPSA) is 49.8 Å². The summed E-state index contributed by atoms with van der Waals surface area (Å²) in [4.78, 5) is 13.2. The average Bonchev–Trinajstić information content (AvgIpc) is 2.37. The molecule has 0 saturated heterocycles. The van der Waals surface area contributed by atoms with Crippen LogP contribution in [0.25, 0.3) is 0 Å². The molecular weight excluding hydrogens is 218 g/mol. The second kappa shape index (κ2) is 7.68. The summed E-state index contributed by atoms with van der Waals surface area (Å²) in [6.45, 7) is 2.62. The van der Waals surface area contributed by atoms with Crippen molar-refractivity contribution in [1.29, 1.82) is 0 Å². The van der Waals surface area contributed by atoms with Gasteiger partial charge in [-0.2, -0.15) is 0 Å². The molecule has 0 saturated carbocycles. The van der Waals surface area contributed by atoms with Crippen LogP contribution in [0, 0.1) is 0 Å². The minimum atomic E-state index is -0.404. The predicted octanol–water partition coefficient (Wildman–Crippen LogP) is 2.42. The molecule has 1 aromatic rings. The van der Waals surface area contributed by atoms with E-state index in [0.29, 0.717) is 6.61 Å². The Morgan fingerprint density at radius 3 is 2.65 bits per heavy atom. The molecule has 0 aromatic heterocycles. The first-order chi connectivity index (χ1) is 8.29. The highest BCUT2D eigenvalue weighted by Gasteiger charge is 2.15. The lowest BCUT2D eigenvalue weighted by Crippen LogP contribution is -2.34. The van der Waals surface area contributed by atoms with E-state index in [9.17, 15) is 4.79 Å². The molecule has 0 aliphatic carbocycles. The van der Waals surface area contributed by atoms with Crippen molar-refractivity contribution in [1.82, 2.24) is 0 Å². The standard InChI is InChI=1S/C13H19NO3/c1-2-3-11-17-13(16)14(9-10-15)12-7-5-4-6-8-12/h4-8,15H,2-3,9-11H2,1H3. The SMILES string of the molecule is CCCCOC(=O)N(CCO)c1ccccc1. The molecule has 0 spiro atoms. The van der Waals surface area contributed by atoms with Crippen molar-refractivity contribution >= 4 is 11.8 Å². The van der Waals surface area contributed by atoms with Gasteiger partial charge in [0.1, 0.15) is 0 Å². The third kappa shape index (κ3) is 4.44. The molecule has 1 N–H and O–H groups in total. The Labute approximate surface area is 102 Å². The molecule has 0 unspecified atom stereocenters. The second-order valence-electron chi connectivity index (χ2n) is 3.68. The van der Waals surface area contributed by atoms with E-state index in [1.54, 1.807) is 0 Å². The number of carbonyl (C=O) groups excluding carboxylic acids is 1. The number of aliphatic hydroxyl groups excluding tert-OH is 1. The molecule has 4 heteroatoms. The Bertz CT molecular complexity index is 327. The zero-order chi connectivity index (χ0) is 12.5. The summed E-state index contributed by atoms with van der Waals surface area (Å²) >= 11 is 0. The van der Waals surface area contributed by atoms with Gasteiger partial charge in [-0.1, -0.05) is 31.5 Å². The van der Waals surface area contributed by atoms with Crippen LogP contribution in [0.5, 0.6) is 0 Å². The highest BCUT2D eigenvalue weighted by atomic mass is 16.6. The quantitative estimate of drug-likeness (QED) is 0.773. The van der Waals surface area contributed by atoms with Gasteiger partial charge in [-0.05, 0) is 18.6 Å². The number of aliphatic hydroxyl groups is 1. The molecule has 4 nitrogen and oxygen atoms in total. The highest BCUT2D eigenvalue weighted by molar-refractivity contribution is 5.87. The fourth-order valence-electron chi connectivity index (χ4n) is 1.42. The van der Waals surface area contributed by atoms with E-state index < -0.39 is 6.09 Å². The minimum Gasteiger partial charge on any atom is -0.449 e. The van der Waals surface area contributed by atoms with Gasteiger partial charge in [0.2, 0.25) is 0 Å². The number of hydrogen-bond donors (Lipinski definition) is 1. The summed E-state index contributed by atoms with van der Waals surface area (Å²) < 4.78 is 5.13. The molecule has 0 bridgehead atoms. The Hall–Kier alpha value is -1.55. The third-order valence-electron chi connectivity index (χ3n) is 2.34. The number of nitrogens with zero attached hydrogens (tertiary/aromatic N) is 1. The Morgan fingerprint density at radius 2 is 2.06 bits per heavy atom. The van der Waals surface area contributed by atoms with Crippen molar-refractivity contribution < 1.29 is 14.6 Å². The molecule has 0 aliphatic heterocycles. The van der Waals surface area contributed by atoms with Crippen molar-refractivity contribution in [3.8, 4) is 0 Å². The molecule has 1 rings (SSSR count). The van der Waals surface area contributed by atoms with Crippen molar-refractivity contribution in [2.24, 2.45) is 0 Å². The lowest BCUT2D eigenvalue weighted by molar-refractivity contribution is 0.150. The van der Waals surface area contributed by atoms with Crippen LogP contribution < -0.4 is 4.90 Å². The zero-order valence-corrected chi connectivity index (χ0v) is 10.1. The van der Waals surface area contributed by atoms with Crippen molar-refractivity contribution in [2.45, 2.75) is 19.8 Å². The van der Waals surface area contributed by atoms with E-state index in [-0.39, 0.29) is 13.2 Å². The maximum atomic E-state index is 11.8. The molecule has 1 aromatic carbocycles. The van der Waals surface area contributed by atoms with Gasteiger partial charge in [0.05, 0.1) is 19.8 Å². The number of unbranched alkanes of at least 4 members (excludes halogenated alkanes) is 1. The van der Waals surface area contributed by atoms with Gasteiger partial charge in [0, 0.05) is 5.69 Å². The summed E-state index contributed by atoms with van der Waals surface area (Å²) in [5.41, 5.74) is 0.739. The van der Waals surface area contributed by atoms with Crippen molar-refractivity contribution in [3.05, 3.63) is 30.3 Å². The van der Waals surface area contributed by atoms with Gasteiger partial charge >= 0.3 is 6.09 Å². The number of benzene rings is 1. The molecule has 0 atom stereocenters. The van der Waals surface area contributed by atoms with Crippen LogP contribution >= 0.6 is 0 Å². The molecule has 0 heterocycles. The van der Waals surface area contributed by atoms with E-state index in [2.05, 4.69) is 0 Å². The van der Waals surface area contributed by atoms with Crippen LogP contribution in [0.2, 0.25) is 0 Å². The summed E-state index contributed by atoms with van der Waals surface area (Å²) in [7, 11) is 0. The van der Waals surface area contributed by atoms with E-state index in [0.717, 1.165) is 18.5 Å². The number of amides is 1. The lowest BCUT2D eigenvalue weighted by Gasteiger charge is -2.21. The monoisotopic (exact) mass is 237 g/mol. The largest absolute Gasteiger partial charge is 0.449 e. The maximum absolute atomic E-state index is 11.8. The van der Waals surface area contributed by atoms with Crippen LogP contribution in [-0.4, -0.2) is 31.0 Å². The normalized spacial score (nSPS) is 10.0. The number of ether oxygens (including phenoxy) is 1. The van der Waals surface area contributed by atoms with Gasteiger partial charge in [0.15, 0.2) is 0 Å². The van der Waals surface area contributed by atoms with E-state index in [4.69, 9.17) is 9.84 Å². The Kier molecular flexibility index (Phi) is 6.10. The van der Waals surface area contributed by atoms with E-state index in [1.807, 2.05) is 37.3 Å². The molecule has 0 fully saturated rings. The second-order valence-corrected chi connectivity index (χ2v) is 3.68. The van der Waals surface area contributed by atoms with Gasteiger partial charge in [-0.15, -0.1) is 0 Å². The average molecular weight is 237 g/mol. The highest BCUT2D eigenvalue weighted by Crippen LogP contribution is 2.14. The summed E-state index contributed by atoms with van der Waals surface area (Å²) in [6.07, 6.45) is 1.44. The molecule has 0 aliphatic rings. The Morgan fingerprint density at radius 1 is 1.35 bits per heavy atom. The summed E-state index contributed by atoms with van der Waals surface area (Å²) in [5.74, 6) is 0. The maximum Gasteiger partial charge on any atom is 0.414 e. The number of anilines is 1. The van der Waals surface area contributed by atoms with Gasteiger partial charge in [0.25, 0.3) is 0 Å². The van der Waals surface area contributed by atoms with Gasteiger partial charge in [-0.3, -0.25) is 4.90 Å². The molecule has 1 amide bonds. The first kappa shape index (κ1) is 13.5. The molecule has 17 heavy (non-hydrogen) atoms. The molecular formula is C13H19NO3.